The van der Waals surface area contributed by atoms with Crippen LogP contribution in [-0.4, -0.2) is 21.0 Å². The Balaban J connectivity index is 2.40. The number of aromatic nitrogens is 3. The molecule has 2 rings (SSSR count). The van der Waals surface area contributed by atoms with Crippen molar-refractivity contribution in [2.24, 2.45) is 17.8 Å². The lowest BCUT2D eigenvalue weighted by Crippen LogP contribution is -2.26. The number of guanidine groups is 1. The van der Waals surface area contributed by atoms with Gasteiger partial charge in [-0.2, -0.15) is 9.90 Å². The molecule has 11 heavy (non-hydrogen) atoms. The Labute approximate surface area is 63.1 Å². The summed E-state index contributed by atoms with van der Waals surface area (Å²) in [6.07, 6.45) is 0. The fourth-order valence-electron chi connectivity index (χ4n) is 0.971. The minimum Gasteiger partial charge on any atom is -0.370 e. The van der Waals surface area contributed by atoms with Crippen molar-refractivity contribution in [3.63, 3.8) is 0 Å². The van der Waals surface area contributed by atoms with Crippen molar-refractivity contribution < 1.29 is 0 Å². The van der Waals surface area contributed by atoms with Crippen LogP contribution in [0.25, 0.3) is 0 Å². The molecule has 1 aliphatic heterocycles. The normalized spacial score (nSPS) is 15.2. The third-order valence-corrected chi connectivity index (χ3v) is 1.43. The van der Waals surface area contributed by atoms with Gasteiger partial charge in [0.2, 0.25) is 0 Å². The summed E-state index contributed by atoms with van der Waals surface area (Å²) in [6, 6.07) is 0. The van der Waals surface area contributed by atoms with Crippen LogP contribution in [0.4, 0.5) is 5.82 Å². The van der Waals surface area contributed by atoms with Gasteiger partial charge in [0.25, 0.3) is 0 Å². The van der Waals surface area contributed by atoms with E-state index in [1.54, 1.807) is 7.05 Å². The second kappa shape index (κ2) is 1.94. The summed E-state index contributed by atoms with van der Waals surface area (Å²) in [5.74, 6) is 1.11. The molecule has 0 saturated heterocycles. The predicted molar refractivity (Wildman–Crippen MR) is 40.0 cm³/mol. The largest absolute Gasteiger partial charge is 0.370 e. The van der Waals surface area contributed by atoms with Crippen molar-refractivity contribution in [2.45, 2.75) is 6.54 Å². The van der Waals surface area contributed by atoms with Gasteiger partial charge in [-0.1, -0.05) is 0 Å². The maximum atomic E-state index is 5.42. The van der Waals surface area contributed by atoms with Crippen LogP contribution in [0.3, 0.4) is 0 Å². The van der Waals surface area contributed by atoms with Crippen LogP contribution in [-0.2, 0) is 13.6 Å². The number of nitrogens with two attached hydrogens (primary N) is 1. The highest BCUT2D eigenvalue weighted by Crippen LogP contribution is 2.12. The molecule has 6 nitrogen and oxygen atoms in total. The van der Waals surface area contributed by atoms with E-state index in [9.17, 15) is 0 Å². The smallest absolute Gasteiger partial charge is 0.194 e. The van der Waals surface area contributed by atoms with E-state index in [1.807, 2.05) is 0 Å². The number of hydrogen-bond donors (Lipinski definition) is 2. The first-order chi connectivity index (χ1) is 5.25. The molecule has 1 aromatic heterocycles. The van der Waals surface area contributed by atoms with E-state index in [4.69, 9.17) is 5.73 Å². The van der Waals surface area contributed by atoms with E-state index in [1.165, 1.54) is 4.80 Å². The number of nitrogens with one attached hydrogen (secondary N) is 1. The third-order valence-electron chi connectivity index (χ3n) is 1.43. The second-order valence-corrected chi connectivity index (χ2v) is 2.31. The number of nitrogens with zero attached hydrogens (tertiary/aromatic N) is 4. The van der Waals surface area contributed by atoms with Gasteiger partial charge < -0.3 is 11.1 Å². The fraction of sp³-hybridized carbons (Fsp3) is 0.400. The minimum atomic E-state index is 0.401. The van der Waals surface area contributed by atoms with Crippen LogP contribution in [0.15, 0.2) is 4.99 Å². The van der Waals surface area contributed by atoms with Crippen molar-refractivity contribution in [1.29, 1.82) is 0 Å². The van der Waals surface area contributed by atoms with Gasteiger partial charge in [0, 0.05) is 7.05 Å². The highest BCUT2D eigenvalue weighted by atomic mass is 15.5. The van der Waals surface area contributed by atoms with Crippen molar-refractivity contribution >= 4 is 11.8 Å². The number of aryl methyl sites for hydroxylation is 1. The summed E-state index contributed by atoms with van der Waals surface area (Å²) in [7, 11) is 1.76. The first-order valence-electron chi connectivity index (χ1n) is 3.23. The van der Waals surface area contributed by atoms with Crippen LogP contribution in [0.2, 0.25) is 0 Å². The Bertz CT molecular complexity index is 311. The molecule has 58 valence electrons. The summed E-state index contributed by atoms with van der Waals surface area (Å²) in [5.41, 5.74) is 6.26. The first kappa shape index (κ1) is 6.14. The lowest BCUT2D eigenvalue weighted by atomic mass is 10.4. The fourth-order valence-corrected chi connectivity index (χ4v) is 0.971. The summed E-state index contributed by atoms with van der Waals surface area (Å²) in [5, 5.41) is 10.9. The summed E-state index contributed by atoms with van der Waals surface area (Å²) in [6.45, 7) is 0.516. The Morgan fingerprint density at radius 1 is 1.55 bits per heavy atom. The Kier molecular flexibility index (Phi) is 1.09. The number of hydrogen-bond acceptors (Lipinski definition) is 5. The molecular formula is C5H8N6. The zero-order valence-corrected chi connectivity index (χ0v) is 6.07. The Hall–Kier alpha value is -1.59. The predicted octanol–water partition coefficient (Wildman–Crippen LogP) is -0.945. The van der Waals surface area contributed by atoms with Gasteiger partial charge in [0.15, 0.2) is 11.8 Å². The van der Waals surface area contributed by atoms with Crippen LogP contribution in [0, 0.1) is 0 Å². The average molecular weight is 152 g/mol. The molecule has 0 spiro atoms. The van der Waals surface area contributed by atoms with Gasteiger partial charge in [-0.25, -0.2) is 4.99 Å². The quantitative estimate of drug-likeness (QED) is 0.502. The van der Waals surface area contributed by atoms with Crippen molar-refractivity contribution in [1.82, 2.24) is 15.0 Å². The van der Waals surface area contributed by atoms with Gasteiger partial charge in [-0.15, -0.1) is 5.10 Å². The Morgan fingerprint density at radius 2 is 2.36 bits per heavy atom. The van der Waals surface area contributed by atoms with Gasteiger partial charge in [-0.05, 0) is 0 Å². The van der Waals surface area contributed by atoms with E-state index < -0.39 is 0 Å². The molecule has 0 aromatic carbocycles. The number of rotatable bonds is 0. The molecule has 0 amide bonds. The molecule has 6 heteroatoms. The van der Waals surface area contributed by atoms with E-state index >= 15 is 0 Å². The number of fused-ring (bicyclic) bond motifs is 1. The monoisotopic (exact) mass is 152 g/mol. The van der Waals surface area contributed by atoms with Crippen LogP contribution < -0.4 is 11.1 Å². The lowest BCUT2D eigenvalue weighted by molar-refractivity contribution is 0.647. The minimum absolute atomic E-state index is 0.401. The molecule has 0 fully saturated rings. The van der Waals surface area contributed by atoms with Crippen LogP contribution >= 0.6 is 0 Å². The highest BCUT2D eigenvalue weighted by molar-refractivity contribution is 5.93. The molecule has 0 bridgehead atoms. The SMILES string of the molecule is Cn1nc2c(n1)NC(N)=NC2. The topological polar surface area (TPSA) is 81.1 Å². The van der Waals surface area contributed by atoms with Gasteiger partial charge in [0.1, 0.15) is 5.69 Å². The van der Waals surface area contributed by atoms with Crippen LogP contribution in [0.5, 0.6) is 0 Å². The molecule has 1 aliphatic rings. The van der Waals surface area contributed by atoms with E-state index in [2.05, 4.69) is 20.5 Å². The number of anilines is 1. The zero-order chi connectivity index (χ0) is 7.84. The van der Waals surface area contributed by atoms with Crippen molar-refractivity contribution in [3.8, 4) is 0 Å². The Morgan fingerprint density at radius 3 is 3.18 bits per heavy atom. The van der Waals surface area contributed by atoms with Crippen molar-refractivity contribution in [2.75, 3.05) is 5.32 Å². The molecule has 0 saturated carbocycles. The molecule has 2 heterocycles. The van der Waals surface area contributed by atoms with Gasteiger partial charge in [-0.3, -0.25) is 0 Å². The van der Waals surface area contributed by atoms with Crippen molar-refractivity contribution in [3.05, 3.63) is 5.69 Å². The zero-order valence-electron chi connectivity index (χ0n) is 6.07. The van der Waals surface area contributed by atoms with E-state index in [-0.39, 0.29) is 0 Å². The molecule has 3 N–H and O–H groups in total. The molecule has 0 radical (unpaired) electrons. The summed E-state index contributed by atoms with van der Waals surface area (Å²) >= 11 is 0. The first-order valence-corrected chi connectivity index (χ1v) is 3.23. The third kappa shape index (κ3) is 0.917. The van der Waals surface area contributed by atoms with Gasteiger partial charge >= 0.3 is 0 Å². The number of aliphatic imine (C=N–C) groups is 1. The van der Waals surface area contributed by atoms with E-state index in [0.717, 1.165) is 5.69 Å². The maximum Gasteiger partial charge on any atom is 0.194 e. The molecule has 0 unspecified atom stereocenters. The summed E-state index contributed by atoms with van der Waals surface area (Å²) in [4.78, 5) is 5.44. The average Bonchev–Trinajstić information content (AvgIpc) is 2.27. The summed E-state index contributed by atoms with van der Waals surface area (Å²) < 4.78 is 0. The molecule has 1 aromatic rings. The standard InChI is InChI=1S/C5H8N6/c1-11-9-3-2-7-5(6)8-4(3)10-11/h2H2,1H3,(H3,6,7,8,10). The lowest BCUT2D eigenvalue weighted by Gasteiger charge is -2.06. The van der Waals surface area contributed by atoms with Crippen LogP contribution in [0.1, 0.15) is 5.69 Å². The van der Waals surface area contributed by atoms with Gasteiger partial charge in [0.05, 0.1) is 6.54 Å². The molecular weight excluding hydrogens is 144 g/mol. The van der Waals surface area contributed by atoms with E-state index in [0.29, 0.717) is 18.3 Å². The second-order valence-electron chi connectivity index (χ2n) is 2.31. The maximum absolute atomic E-state index is 5.42. The molecule has 0 atom stereocenters. The molecule has 0 aliphatic carbocycles. The highest BCUT2D eigenvalue weighted by Gasteiger charge is 2.13.